The molecule has 4 heteroatoms. The van der Waals surface area contributed by atoms with Crippen molar-refractivity contribution in [2.24, 2.45) is 0 Å². The molecule has 1 N–H and O–H groups in total. The van der Waals surface area contributed by atoms with Gasteiger partial charge in [0.05, 0.1) is 16.6 Å². The molecule has 118 valence electrons. The van der Waals surface area contributed by atoms with Crippen molar-refractivity contribution >= 4 is 16.7 Å². The molecule has 3 rings (SSSR count). The highest BCUT2D eigenvalue weighted by Gasteiger charge is 2.18. The van der Waals surface area contributed by atoms with Crippen molar-refractivity contribution in [1.82, 2.24) is 9.38 Å². The molecule has 2 aromatic heterocycles. The molecule has 0 fully saturated rings. The number of H-pyrrole nitrogens is 1. The second-order valence-corrected chi connectivity index (χ2v) is 6.26. The number of aromatic nitrogens is 2. The summed E-state index contributed by atoms with van der Waals surface area (Å²) in [6.07, 6.45) is 2.69. The standard InChI is InChI=1S/C19H21N3O/c1-5-6-7-14-13(4)15(10-20)18-21-16-8-11(2)12(3)9-17(16)22(18)19(14)23/h8-9,21H,5-7H2,1-4H3. The Morgan fingerprint density at radius 3 is 2.57 bits per heavy atom. The van der Waals surface area contributed by atoms with Gasteiger partial charge in [-0.1, -0.05) is 13.3 Å². The van der Waals surface area contributed by atoms with E-state index in [1.807, 2.05) is 32.9 Å². The van der Waals surface area contributed by atoms with E-state index >= 15 is 0 Å². The van der Waals surface area contributed by atoms with Crippen LogP contribution in [0, 0.1) is 32.1 Å². The molecule has 0 saturated carbocycles. The van der Waals surface area contributed by atoms with Crippen LogP contribution in [0.1, 0.15) is 47.6 Å². The lowest BCUT2D eigenvalue weighted by molar-refractivity contribution is 0.780. The quantitative estimate of drug-likeness (QED) is 0.797. The van der Waals surface area contributed by atoms with Crippen LogP contribution in [-0.4, -0.2) is 9.38 Å². The van der Waals surface area contributed by atoms with Gasteiger partial charge in [0.2, 0.25) is 0 Å². The molecule has 3 aromatic rings. The van der Waals surface area contributed by atoms with Crippen molar-refractivity contribution < 1.29 is 0 Å². The highest BCUT2D eigenvalue weighted by molar-refractivity contribution is 5.84. The highest BCUT2D eigenvalue weighted by atomic mass is 16.1. The minimum absolute atomic E-state index is 0.000506. The molecule has 1 aromatic carbocycles. The van der Waals surface area contributed by atoms with E-state index in [4.69, 9.17) is 0 Å². The van der Waals surface area contributed by atoms with E-state index in [1.54, 1.807) is 4.40 Å². The third-order valence-electron chi connectivity index (χ3n) is 4.75. The zero-order chi connectivity index (χ0) is 16.7. The molecule has 0 atom stereocenters. The van der Waals surface area contributed by atoms with Crippen molar-refractivity contribution in [3.63, 3.8) is 0 Å². The first-order valence-electron chi connectivity index (χ1n) is 8.06. The summed E-state index contributed by atoms with van der Waals surface area (Å²) in [5.74, 6) is 0. The number of nitrogens with zero attached hydrogens (tertiary/aromatic N) is 2. The number of fused-ring (bicyclic) bond motifs is 3. The molecule has 0 aliphatic rings. The molecule has 0 aliphatic heterocycles. The monoisotopic (exact) mass is 307 g/mol. The lowest BCUT2D eigenvalue weighted by Crippen LogP contribution is -2.21. The SMILES string of the molecule is CCCCc1c(C)c(C#N)c2[nH]c3cc(C)c(C)cc3n2c1=O. The molecule has 0 bridgehead atoms. The van der Waals surface area contributed by atoms with Gasteiger partial charge in [-0.25, -0.2) is 0 Å². The van der Waals surface area contributed by atoms with Crippen LogP contribution in [0.3, 0.4) is 0 Å². The van der Waals surface area contributed by atoms with Gasteiger partial charge in [0.15, 0.2) is 0 Å². The fraction of sp³-hybridized carbons (Fsp3) is 0.368. The third-order valence-corrected chi connectivity index (χ3v) is 4.75. The number of rotatable bonds is 3. The topological polar surface area (TPSA) is 61.1 Å². The first-order chi connectivity index (χ1) is 11.0. The predicted molar refractivity (Wildman–Crippen MR) is 93.1 cm³/mol. The Kier molecular flexibility index (Phi) is 3.73. The van der Waals surface area contributed by atoms with Crippen LogP contribution < -0.4 is 5.56 Å². The first-order valence-corrected chi connectivity index (χ1v) is 8.06. The lowest BCUT2D eigenvalue weighted by atomic mass is 10.0. The molecule has 0 radical (unpaired) electrons. The van der Waals surface area contributed by atoms with E-state index in [9.17, 15) is 10.1 Å². The van der Waals surface area contributed by atoms with Gasteiger partial charge in [-0.15, -0.1) is 0 Å². The lowest BCUT2D eigenvalue weighted by Gasteiger charge is -2.08. The van der Waals surface area contributed by atoms with Crippen LogP contribution in [0.15, 0.2) is 16.9 Å². The summed E-state index contributed by atoms with van der Waals surface area (Å²) in [5, 5.41) is 9.61. The number of imidazole rings is 1. The summed E-state index contributed by atoms with van der Waals surface area (Å²) in [6, 6.07) is 6.35. The van der Waals surface area contributed by atoms with Gasteiger partial charge in [-0.05, 0) is 62.4 Å². The number of hydrogen-bond acceptors (Lipinski definition) is 2. The maximum Gasteiger partial charge on any atom is 0.260 e. The molecule has 0 spiro atoms. The van der Waals surface area contributed by atoms with Crippen LogP contribution in [-0.2, 0) is 6.42 Å². The second-order valence-electron chi connectivity index (χ2n) is 6.26. The maximum atomic E-state index is 13.0. The van der Waals surface area contributed by atoms with Gasteiger partial charge in [0.1, 0.15) is 11.7 Å². The van der Waals surface area contributed by atoms with Crippen molar-refractivity contribution in [3.05, 3.63) is 50.3 Å². The average Bonchev–Trinajstić information content (AvgIpc) is 2.86. The summed E-state index contributed by atoms with van der Waals surface area (Å²) in [6.45, 7) is 8.07. The van der Waals surface area contributed by atoms with E-state index in [2.05, 4.69) is 18.0 Å². The van der Waals surface area contributed by atoms with Crippen LogP contribution in [0.5, 0.6) is 0 Å². The Morgan fingerprint density at radius 2 is 1.91 bits per heavy atom. The zero-order valence-electron chi connectivity index (χ0n) is 14.1. The van der Waals surface area contributed by atoms with Crippen LogP contribution in [0.4, 0.5) is 0 Å². The summed E-state index contributed by atoms with van der Waals surface area (Å²) in [4.78, 5) is 16.3. The van der Waals surface area contributed by atoms with Crippen LogP contribution in [0.25, 0.3) is 16.7 Å². The summed E-state index contributed by atoms with van der Waals surface area (Å²) < 4.78 is 1.68. The van der Waals surface area contributed by atoms with E-state index in [-0.39, 0.29) is 5.56 Å². The summed E-state index contributed by atoms with van der Waals surface area (Å²) >= 11 is 0. The number of hydrogen-bond donors (Lipinski definition) is 1. The smallest absolute Gasteiger partial charge is 0.260 e. The fourth-order valence-corrected chi connectivity index (χ4v) is 3.18. The van der Waals surface area contributed by atoms with Crippen molar-refractivity contribution in [3.8, 4) is 6.07 Å². The van der Waals surface area contributed by atoms with Crippen LogP contribution in [0.2, 0.25) is 0 Å². The fourth-order valence-electron chi connectivity index (χ4n) is 3.18. The van der Waals surface area contributed by atoms with Crippen molar-refractivity contribution in [2.45, 2.75) is 47.0 Å². The number of benzene rings is 1. The largest absolute Gasteiger partial charge is 0.338 e. The third kappa shape index (κ3) is 2.24. The Bertz CT molecular complexity index is 1020. The molecule has 0 saturated heterocycles. The van der Waals surface area contributed by atoms with Gasteiger partial charge in [-0.2, -0.15) is 5.26 Å². The Labute approximate surface area is 135 Å². The summed E-state index contributed by atoms with van der Waals surface area (Å²) in [5.41, 5.74) is 6.80. The minimum atomic E-state index is -0.000506. The Morgan fingerprint density at radius 1 is 1.22 bits per heavy atom. The number of aryl methyl sites for hydroxylation is 2. The van der Waals surface area contributed by atoms with Gasteiger partial charge in [0, 0.05) is 5.56 Å². The molecule has 23 heavy (non-hydrogen) atoms. The molecule has 0 unspecified atom stereocenters. The predicted octanol–water partition coefficient (Wildman–Crippen LogP) is 3.92. The average molecular weight is 307 g/mol. The van der Waals surface area contributed by atoms with Gasteiger partial charge in [0.25, 0.3) is 5.56 Å². The second kappa shape index (κ2) is 5.58. The maximum absolute atomic E-state index is 13.0. The number of aromatic amines is 1. The number of pyridine rings is 1. The van der Waals surface area contributed by atoms with E-state index in [0.717, 1.165) is 47.0 Å². The van der Waals surface area contributed by atoms with Gasteiger partial charge < -0.3 is 4.98 Å². The molecule has 0 amide bonds. The zero-order valence-corrected chi connectivity index (χ0v) is 14.1. The highest BCUT2D eigenvalue weighted by Crippen LogP contribution is 2.24. The van der Waals surface area contributed by atoms with Gasteiger partial charge in [-0.3, -0.25) is 9.20 Å². The van der Waals surface area contributed by atoms with E-state index < -0.39 is 0 Å². The first kappa shape index (κ1) is 15.4. The van der Waals surface area contributed by atoms with Gasteiger partial charge >= 0.3 is 0 Å². The summed E-state index contributed by atoms with van der Waals surface area (Å²) in [7, 11) is 0. The molecular formula is C19H21N3O. The van der Waals surface area contributed by atoms with Crippen molar-refractivity contribution in [2.75, 3.05) is 0 Å². The molecule has 2 heterocycles. The minimum Gasteiger partial charge on any atom is -0.338 e. The molecule has 4 nitrogen and oxygen atoms in total. The van der Waals surface area contributed by atoms with E-state index in [0.29, 0.717) is 11.2 Å². The van der Waals surface area contributed by atoms with Crippen molar-refractivity contribution in [1.29, 1.82) is 5.26 Å². The Balaban J connectivity index is 2.50. The van der Waals surface area contributed by atoms with E-state index in [1.165, 1.54) is 5.56 Å². The van der Waals surface area contributed by atoms with Crippen LogP contribution >= 0.6 is 0 Å². The number of nitriles is 1. The number of unbranched alkanes of at least 4 members (excludes halogenated alkanes) is 1. The normalized spacial score (nSPS) is 11.3. The number of nitrogens with one attached hydrogen (secondary N) is 1. The molecular weight excluding hydrogens is 286 g/mol. The Hall–Kier alpha value is -2.54. The molecule has 0 aliphatic carbocycles.